The van der Waals surface area contributed by atoms with Crippen LogP contribution in [-0.2, 0) is 48.4 Å². The maximum atomic E-state index is 14.4. The number of aromatic nitrogens is 6. The van der Waals surface area contributed by atoms with E-state index in [1.165, 1.54) is 17.2 Å². The molecule has 4 heterocycles. The Bertz CT molecular complexity index is 2100. The minimum atomic E-state index is -3.95. The van der Waals surface area contributed by atoms with Crippen LogP contribution in [0.5, 0.6) is 0 Å². The summed E-state index contributed by atoms with van der Waals surface area (Å²) < 4.78 is 65.4. The molecule has 3 aromatic rings. The summed E-state index contributed by atoms with van der Waals surface area (Å²) in [6.45, 7) is 8.57. The van der Waals surface area contributed by atoms with Crippen LogP contribution in [-0.4, -0.2) is 104 Å². The second kappa shape index (κ2) is 19.0. The molecule has 2 aliphatic rings. The predicted molar refractivity (Wildman–Crippen MR) is 213 cm³/mol. The Kier molecular flexibility index (Phi) is 15.0. The number of carbonyl (C=O) groups excluding carboxylic acids is 1. The third kappa shape index (κ3) is 10.9. The first-order valence-electron chi connectivity index (χ1n) is 18.5. The van der Waals surface area contributed by atoms with Crippen LogP contribution in [0, 0.1) is 29.0 Å². The number of anilines is 2. The van der Waals surface area contributed by atoms with Crippen LogP contribution in [0.2, 0.25) is 18.1 Å². The van der Waals surface area contributed by atoms with Gasteiger partial charge in [-0.3, -0.25) is 29.0 Å². The summed E-state index contributed by atoms with van der Waals surface area (Å²) >= 11 is 6.00. The van der Waals surface area contributed by atoms with Gasteiger partial charge in [-0.15, -0.1) is 9.42 Å². The van der Waals surface area contributed by atoms with E-state index in [1.807, 2.05) is 39.9 Å². The Labute approximate surface area is 340 Å². The zero-order chi connectivity index (χ0) is 42.6. The van der Waals surface area contributed by atoms with Crippen LogP contribution in [0.15, 0.2) is 23.6 Å². The number of aliphatic hydroxyl groups excluding tert-OH is 1. The number of amides is 1. The first kappa shape index (κ1) is 45.8. The van der Waals surface area contributed by atoms with Gasteiger partial charge in [-0.25, -0.2) is 19.3 Å². The van der Waals surface area contributed by atoms with Gasteiger partial charge in [-0.2, -0.15) is 10.2 Å². The number of nitrogens with one attached hydrogen (secondary N) is 3. The number of aromatic amines is 1. The van der Waals surface area contributed by atoms with Gasteiger partial charge in [0.05, 0.1) is 44.8 Å². The van der Waals surface area contributed by atoms with E-state index in [4.69, 9.17) is 39.1 Å². The lowest BCUT2D eigenvalue weighted by atomic mass is 10.1. The Morgan fingerprint density at radius 3 is 2.66 bits per heavy atom. The number of ether oxygens (including phenoxy) is 1. The lowest BCUT2D eigenvalue weighted by molar-refractivity contribution is -0.118. The van der Waals surface area contributed by atoms with Crippen molar-refractivity contribution in [1.29, 1.82) is 5.26 Å². The highest BCUT2D eigenvalue weighted by Crippen LogP contribution is 2.56. The molecule has 0 aromatic carbocycles. The summed E-state index contributed by atoms with van der Waals surface area (Å²) in [5.74, 6) is -2.29. The molecule has 0 spiro atoms. The van der Waals surface area contributed by atoms with Gasteiger partial charge in [-0.05, 0) is 42.8 Å². The molecule has 2 unspecified atom stereocenters. The number of hydrogen-bond donors (Lipinski definition) is 5. The summed E-state index contributed by atoms with van der Waals surface area (Å²) in [6.07, 6.45) is -1.45. The van der Waals surface area contributed by atoms with Crippen molar-refractivity contribution in [2.75, 3.05) is 30.5 Å². The number of halogens is 1. The second-order valence-corrected chi connectivity index (χ2v) is 24.1. The van der Waals surface area contributed by atoms with Crippen molar-refractivity contribution in [3.63, 3.8) is 0 Å². The number of nitriles is 1. The largest absolute Gasteiger partial charge is 0.695 e. The molecule has 1 aliphatic carbocycles. The SMILES string of the molecule is CC(C)C(=O)Nc1nc2c(ncn2[C@@H]2O[C@H](CO)[C@@H](O[Si](C)(C)C(C)(C)C)[C@H]2OP(=S)(OCCC#N)OC[C@H]2C[C@@H](Nc3ncncc3F)C[C@@H]2O[P+](=O)O)c(=O)[nH]1. The van der Waals surface area contributed by atoms with Crippen LogP contribution in [0.3, 0.4) is 0 Å². The van der Waals surface area contributed by atoms with E-state index in [2.05, 4.69) is 35.6 Å². The lowest BCUT2D eigenvalue weighted by Gasteiger charge is -2.41. The molecule has 1 saturated heterocycles. The van der Waals surface area contributed by atoms with Gasteiger partial charge in [-0.1, -0.05) is 34.6 Å². The van der Waals surface area contributed by atoms with E-state index in [-0.39, 0.29) is 60.4 Å². The van der Waals surface area contributed by atoms with E-state index in [0.29, 0.717) is 0 Å². The molecule has 1 saturated carbocycles. The Hall–Kier alpha value is -3.23. The first-order chi connectivity index (χ1) is 27.3. The number of rotatable bonds is 18. The van der Waals surface area contributed by atoms with Crippen LogP contribution < -0.4 is 16.2 Å². The molecule has 0 bridgehead atoms. The minimum Gasteiger partial charge on any atom is -0.408 e. The monoisotopic (exact) mass is 888 g/mol. The van der Waals surface area contributed by atoms with Crippen molar-refractivity contribution < 1.29 is 51.0 Å². The highest BCUT2D eigenvalue weighted by atomic mass is 32.5. The molecule has 0 radical (unpaired) electrons. The van der Waals surface area contributed by atoms with Crippen LogP contribution in [0.1, 0.15) is 60.1 Å². The van der Waals surface area contributed by atoms with E-state index >= 15 is 0 Å². The molecule has 9 atom stereocenters. The maximum absolute atomic E-state index is 14.4. The van der Waals surface area contributed by atoms with Gasteiger partial charge < -0.3 is 28.6 Å². The first-order valence-corrected chi connectivity index (χ1v) is 25.1. The molecule has 318 valence electrons. The van der Waals surface area contributed by atoms with Crippen molar-refractivity contribution >= 4 is 63.9 Å². The summed E-state index contributed by atoms with van der Waals surface area (Å²) in [4.78, 5) is 54.2. The average molecular weight is 889 g/mol. The molecule has 25 heteroatoms. The minimum absolute atomic E-state index is 0.00779. The van der Waals surface area contributed by atoms with Gasteiger partial charge in [0.25, 0.3) is 5.56 Å². The molecule has 5 rings (SSSR count). The molecular weight excluding hydrogens is 840 g/mol. The molecule has 20 nitrogen and oxygen atoms in total. The summed E-state index contributed by atoms with van der Waals surface area (Å²) in [5.41, 5.74) is -0.722. The highest BCUT2D eigenvalue weighted by Gasteiger charge is 2.54. The Balaban J connectivity index is 1.52. The van der Waals surface area contributed by atoms with Crippen LogP contribution in [0.25, 0.3) is 11.2 Å². The zero-order valence-corrected chi connectivity index (χ0v) is 36.6. The number of fused-ring (bicyclic) bond motifs is 1. The summed E-state index contributed by atoms with van der Waals surface area (Å²) in [7, 11) is -5.71. The standard InChI is InChI=1S/C33H48FN9O11P2SSi/c1-18(2)29(45)41-32-40-28-24(30(46)42-32)38-17-43(28)31-26(25(23(14-44)51-31)54-58(6,7)33(3,4)5)53-56(57,49-10-8-9-35)50-15-19-11-20(12-22(19)52-55(47)48)39-27-21(34)13-36-16-37-27/h13,16-20,22-23,25-26,31,44H,8,10-12,14-15H2,1-7H3,(H3-,36,37,39,40,41,42,45,46,47,48)/p+1/t19-,20-,22+,23-,25-,26-,31-,56?/m1/s1. The summed E-state index contributed by atoms with van der Waals surface area (Å²) in [6, 6.07) is 1.53. The predicted octanol–water partition coefficient (Wildman–Crippen LogP) is 4.41. The number of imidazole rings is 1. The molecular formula is C33H49FN9O11P2SSi+. The quantitative estimate of drug-likeness (QED) is 0.0673. The van der Waals surface area contributed by atoms with Crippen molar-refractivity contribution in [3.8, 4) is 6.07 Å². The van der Waals surface area contributed by atoms with Gasteiger partial charge in [0.15, 0.2) is 37.3 Å². The second-order valence-electron chi connectivity index (χ2n) is 15.7. The fraction of sp³-hybridized carbons (Fsp3) is 0.667. The lowest BCUT2D eigenvalue weighted by Crippen LogP contribution is -2.50. The number of aliphatic hydroxyl groups is 1. The zero-order valence-electron chi connectivity index (χ0n) is 33.0. The molecule has 2 fully saturated rings. The van der Waals surface area contributed by atoms with Crippen molar-refractivity contribution in [2.24, 2.45) is 11.8 Å². The number of hydrogen-bond acceptors (Lipinski definition) is 17. The van der Waals surface area contributed by atoms with Gasteiger partial charge >= 0.3 is 15.0 Å². The normalized spacial score (nSPS) is 25.1. The topological polar surface area (TPSA) is 267 Å². The van der Waals surface area contributed by atoms with E-state index < -0.39 is 95.7 Å². The molecule has 3 aromatic heterocycles. The fourth-order valence-corrected chi connectivity index (χ4v) is 10.1. The summed E-state index contributed by atoms with van der Waals surface area (Å²) in [5, 5.41) is 25.3. The van der Waals surface area contributed by atoms with Crippen molar-refractivity contribution in [1.82, 2.24) is 29.5 Å². The van der Waals surface area contributed by atoms with E-state index in [0.717, 1.165) is 6.20 Å². The van der Waals surface area contributed by atoms with Gasteiger partial charge in [0.2, 0.25) is 11.9 Å². The third-order valence-electron chi connectivity index (χ3n) is 10.2. The van der Waals surface area contributed by atoms with Crippen molar-refractivity contribution in [3.05, 3.63) is 35.0 Å². The Morgan fingerprint density at radius 1 is 1.28 bits per heavy atom. The fourth-order valence-electron chi connectivity index (χ4n) is 6.16. The van der Waals surface area contributed by atoms with Crippen LogP contribution in [0.4, 0.5) is 16.2 Å². The molecule has 58 heavy (non-hydrogen) atoms. The number of H-pyrrole nitrogens is 1. The third-order valence-corrected chi connectivity index (χ3v) is 17.5. The maximum Gasteiger partial charge on any atom is 0.695 e. The molecule has 1 amide bonds. The Morgan fingerprint density at radius 2 is 2.02 bits per heavy atom. The molecule has 5 N–H and O–H groups in total. The average Bonchev–Trinajstić information content (AvgIpc) is 3.82. The van der Waals surface area contributed by atoms with Crippen molar-refractivity contribution in [2.45, 2.75) is 109 Å². The smallest absolute Gasteiger partial charge is 0.408 e. The van der Waals surface area contributed by atoms with Gasteiger partial charge in [0, 0.05) is 22.4 Å². The van der Waals surface area contributed by atoms with E-state index in [1.54, 1.807) is 13.8 Å². The van der Waals surface area contributed by atoms with E-state index in [9.17, 15) is 33.8 Å². The highest BCUT2D eigenvalue weighted by molar-refractivity contribution is 8.07. The number of carbonyl (C=O) groups is 1. The molecule has 1 aliphatic heterocycles. The van der Waals surface area contributed by atoms with Crippen LogP contribution >= 0.6 is 15.0 Å². The van der Waals surface area contributed by atoms with Gasteiger partial charge in [0.1, 0.15) is 30.7 Å². The number of nitrogens with zero attached hydrogens (tertiary/aromatic N) is 6.